The number of halogens is 2. The van der Waals surface area contributed by atoms with Crippen LogP contribution in [0, 0.1) is 13.8 Å². The van der Waals surface area contributed by atoms with E-state index in [0.717, 1.165) is 33.4 Å². The van der Waals surface area contributed by atoms with E-state index in [4.69, 9.17) is 11.8 Å². The second-order valence-corrected chi connectivity index (χ2v) is 9.36. The Morgan fingerprint density at radius 2 is 1.97 bits per heavy atom. The van der Waals surface area contributed by atoms with Crippen molar-refractivity contribution in [1.29, 1.82) is 0 Å². The Bertz CT molecular complexity index is 1170. The molecule has 0 unspecified atom stereocenters. The van der Waals surface area contributed by atoms with Crippen molar-refractivity contribution in [3.05, 3.63) is 70.9 Å². The molecular formula is C21H23ClFN3O2S. The van der Waals surface area contributed by atoms with Crippen molar-refractivity contribution in [1.82, 2.24) is 14.4 Å². The van der Waals surface area contributed by atoms with Gasteiger partial charge in [0.15, 0.2) is 9.84 Å². The lowest BCUT2D eigenvalue weighted by Crippen LogP contribution is -2.04. The number of aryl methyl sites for hydroxylation is 1. The van der Waals surface area contributed by atoms with Crippen molar-refractivity contribution < 1.29 is 12.8 Å². The van der Waals surface area contributed by atoms with Crippen LogP contribution in [0.3, 0.4) is 0 Å². The van der Waals surface area contributed by atoms with Crippen LogP contribution in [-0.2, 0) is 22.8 Å². The Labute approximate surface area is 175 Å². The van der Waals surface area contributed by atoms with E-state index in [1.54, 1.807) is 12.1 Å². The summed E-state index contributed by atoms with van der Waals surface area (Å²) in [7, 11) is -3.23. The minimum atomic E-state index is -3.23. The summed E-state index contributed by atoms with van der Waals surface area (Å²) >= 11 is 5.42. The largest absolute Gasteiger partial charge is 0.338 e. The molecule has 0 aliphatic heterocycles. The summed E-state index contributed by atoms with van der Waals surface area (Å²) in [5, 5.41) is 0.962. The highest BCUT2D eigenvalue weighted by molar-refractivity contribution is 7.90. The SMILES string of the molecule is Cc1cc2c(cn1)c(Cc1ccc(S(C)(=O)=O)cc1)c(C)n2C/C(F)=C/CNCl. The summed E-state index contributed by atoms with van der Waals surface area (Å²) in [5.41, 5.74) is 4.74. The maximum Gasteiger partial charge on any atom is 0.175 e. The highest BCUT2D eigenvalue weighted by atomic mass is 35.5. The van der Waals surface area contributed by atoms with Gasteiger partial charge in [0.25, 0.3) is 0 Å². The maximum absolute atomic E-state index is 14.3. The fourth-order valence-corrected chi connectivity index (χ4v) is 4.10. The Morgan fingerprint density at radius 3 is 2.59 bits per heavy atom. The van der Waals surface area contributed by atoms with Crippen LogP contribution in [0.15, 0.2) is 53.3 Å². The highest BCUT2D eigenvalue weighted by Crippen LogP contribution is 2.29. The van der Waals surface area contributed by atoms with E-state index in [1.807, 2.05) is 42.8 Å². The monoisotopic (exact) mass is 435 g/mol. The normalized spacial score (nSPS) is 12.7. The van der Waals surface area contributed by atoms with E-state index in [0.29, 0.717) is 6.42 Å². The second-order valence-electron chi connectivity index (χ2n) is 7.07. The predicted octanol–water partition coefficient (Wildman–Crippen LogP) is 4.24. The molecule has 0 bridgehead atoms. The third-order valence-corrected chi connectivity index (χ3v) is 6.20. The topological polar surface area (TPSA) is 64.0 Å². The summed E-state index contributed by atoms with van der Waals surface area (Å²) in [6.45, 7) is 4.21. The summed E-state index contributed by atoms with van der Waals surface area (Å²) in [4.78, 5) is 7.09. The number of hydrogen-bond acceptors (Lipinski definition) is 4. The van der Waals surface area contributed by atoms with E-state index in [1.165, 1.54) is 12.3 Å². The molecule has 2 aromatic heterocycles. The van der Waals surface area contributed by atoms with Crippen LogP contribution >= 0.6 is 11.8 Å². The predicted molar refractivity (Wildman–Crippen MR) is 115 cm³/mol. The van der Waals surface area contributed by atoms with E-state index in [9.17, 15) is 12.8 Å². The highest BCUT2D eigenvalue weighted by Gasteiger charge is 2.16. The molecule has 0 saturated carbocycles. The van der Waals surface area contributed by atoms with Gasteiger partial charge < -0.3 is 4.57 Å². The second kappa shape index (κ2) is 8.65. The molecule has 5 nitrogen and oxygen atoms in total. The molecule has 0 amide bonds. The molecule has 2 heterocycles. The molecule has 0 saturated heterocycles. The van der Waals surface area contributed by atoms with E-state index < -0.39 is 9.84 Å². The molecule has 0 spiro atoms. The van der Waals surface area contributed by atoms with Gasteiger partial charge in [0.05, 0.1) is 17.0 Å². The molecule has 0 radical (unpaired) electrons. The first-order valence-electron chi connectivity index (χ1n) is 9.12. The molecular weight excluding hydrogens is 413 g/mol. The average molecular weight is 436 g/mol. The molecule has 1 aromatic carbocycles. The van der Waals surface area contributed by atoms with E-state index in [2.05, 4.69) is 9.82 Å². The first-order chi connectivity index (χ1) is 13.7. The number of aromatic nitrogens is 2. The quantitative estimate of drug-likeness (QED) is 0.563. The van der Waals surface area contributed by atoms with Crippen molar-refractivity contribution in [3.63, 3.8) is 0 Å². The summed E-state index contributed by atoms with van der Waals surface area (Å²) in [6.07, 6.45) is 5.01. The first kappa shape index (κ1) is 21.5. The van der Waals surface area contributed by atoms with Crippen molar-refractivity contribution >= 4 is 32.5 Å². The Morgan fingerprint density at radius 1 is 1.28 bits per heavy atom. The van der Waals surface area contributed by atoms with Gasteiger partial charge in [-0.1, -0.05) is 12.1 Å². The molecule has 3 rings (SSSR count). The Hall–Kier alpha value is -2.22. The molecule has 8 heteroatoms. The summed E-state index contributed by atoms with van der Waals surface area (Å²) in [5.74, 6) is -0.281. The van der Waals surface area contributed by atoms with Gasteiger partial charge in [-0.25, -0.2) is 17.6 Å². The number of pyridine rings is 1. The zero-order valence-corrected chi connectivity index (χ0v) is 18.1. The summed E-state index contributed by atoms with van der Waals surface area (Å²) in [6, 6.07) is 8.80. The van der Waals surface area contributed by atoms with Crippen LogP contribution in [0.4, 0.5) is 4.39 Å². The number of rotatable bonds is 7. The number of allylic oxidation sites excluding steroid dienone is 1. The lowest BCUT2D eigenvalue weighted by molar-refractivity contribution is 0.554. The minimum Gasteiger partial charge on any atom is -0.338 e. The van der Waals surface area contributed by atoms with Gasteiger partial charge in [0, 0.05) is 35.8 Å². The van der Waals surface area contributed by atoms with Gasteiger partial charge in [0.1, 0.15) is 5.83 Å². The third kappa shape index (κ3) is 4.86. The van der Waals surface area contributed by atoms with Crippen molar-refractivity contribution in [2.24, 2.45) is 0 Å². The summed E-state index contributed by atoms with van der Waals surface area (Å²) < 4.78 is 39.6. The van der Waals surface area contributed by atoms with Crippen LogP contribution in [0.5, 0.6) is 0 Å². The number of sulfone groups is 1. The Balaban J connectivity index is 2.03. The van der Waals surface area contributed by atoms with Crippen LogP contribution in [0.2, 0.25) is 0 Å². The van der Waals surface area contributed by atoms with Gasteiger partial charge in [-0.15, -0.1) is 0 Å². The van der Waals surface area contributed by atoms with Crippen LogP contribution < -0.4 is 4.84 Å². The van der Waals surface area contributed by atoms with Crippen molar-refractivity contribution in [3.8, 4) is 0 Å². The molecule has 3 aromatic rings. The molecule has 154 valence electrons. The van der Waals surface area contributed by atoms with Gasteiger partial charge in [-0.05, 0) is 67.4 Å². The zero-order chi connectivity index (χ0) is 21.2. The molecule has 0 aliphatic rings. The fourth-order valence-electron chi connectivity index (χ4n) is 3.39. The lowest BCUT2D eigenvalue weighted by Gasteiger charge is -2.08. The smallest absolute Gasteiger partial charge is 0.175 e. The number of hydrogen-bond donors (Lipinski definition) is 1. The standard InChI is InChI=1S/C21H23ClFN3O2S/c1-14-10-21-20(12-24-14)19(15(2)26(21)13-17(23)8-9-25-22)11-16-4-6-18(7-5-16)29(3,27)28/h4-8,10,12,25H,9,11,13H2,1-3H3/b17-8-. The van der Waals surface area contributed by atoms with Gasteiger partial charge in [-0.2, -0.15) is 0 Å². The Kier molecular flexibility index (Phi) is 6.41. The number of fused-ring (bicyclic) bond motifs is 1. The number of nitrogens with one attached hydrogen (secondary N) is 1. The van der Waals surface area contributed by atoms with E-state index >= 15 is 0 Å². The van der Waals surface area contributed by atoms with Crippen molar-refractivity contribution in [2.75, 3.05) is 12.8 Å². The minimum absolute atomic E-state index is 0.109. The van der Waals surface area contributed by atoms with Crippen LogP contribution in [0.25, 0.3) is 10.9 Å². The number of nitrogens with zero attached hydrogens (tertiary/aromatic N) is 2. The van der Waals surface area contributed by atoms with Crippen LogP contribution in [0.1, 0.15) is 22.5 Å². The number of benzene rings is 1. The molecule has 0 atom stereocenters. The lowest BCUT2D eigenvalue weighted by atomic mass is 10.0. The van der Waals surface area contributed by atoms with Gasteiger partial charge >= 0.3 is 0 Å². The van der Waals surface area contributed by atoms with Crippen molar-refractivity contribution in [2.45, 2.75) is 31.7 Å². The molecule has 0 aliphatic carbocycles. The molecule has 29 heavy (non-hydrogen) atoms. The first-order valence-corrected chi connectivity index (χ1v) is 11.4. The molecule has 1 N–H and O–H groups in total. The van der Waals surface area contributed by atoms with E-state index in [-0.39, 0.29) is 23.8 Å². The maximum atomic E-state index is 14.3. The van der Waals surface area contributed by atoms with Gasteiger partial charge in [0.2, 0.25) is 0 Å². The fraction of sp³-hybridized carbons (Fsp3) is 0.286. The average Bonchev–Trinajstić information content (AvgIpc) is 2.91. The van der Waals surface area contributed by atoms with Gasteiger partial charge in [-0.3, -0.25) is 4.98 Å². The van der Waals surface area contributed by atoms with Crippen LogP contribution in [-0.4, -0.2) is 30.8 Å². The zero-order valence-electron chi connectivity index (χ0n) is 16.5. The molecule has 0 fully saturated rings. The third-order valence-electron chi connectivity index (χ3n) is 4.92.